The number of hydrogen-bond donors (Lipinski definition) is 1. The summed E-state index contributed by atoms with van der Waals surface area (Å²) in [5.41, 5.74) is 2.85. The van der Waals surface area contributed by atoms with Crippen molar-refractivity contribution in [1.82, 2.24) is 10.2 Å². The predicted molar refractivity (Wildman–Crippen MR) is 77.9 cm³/mol. The third kappa shape index (κ3) is 3.56. The number of unbranched alkanes of at least 4 members (excludes halogenated alkanes) is 1. The first-order valence-corrected chi connectivity index (χ1v) is 7.32. The van der Waals surface area contributed by atoms with Crippen LogP contribution in [0.1, 0.15) is 43.4 Å². The van der Waals surface area contributed by atoms with E-state index < -0.39 is 0 Å². The van der Waals surface area contributed by atoms with Gasteiger partial charge in [-0.25, -0.2) is 0 Å². The normalized spacial score (nSPS) is 18.8. The summed E-state index contributed by atoms with van der Waals surface area (Å²) in [5, 5.41) is 3.44. The molecule has 1 aromatic carbocycles. The molecule has 2 rings (SSSR count). The molecule has 1 heterocycles. The van der Waals surface area contributed by atoms with Gasteiger partial charge in [0.1, 0.15) is 0 Å². The van der Waals surface area contributed by atoms with E-state index in [0.717, 1.165) is 13.1 Å². The fourth-order valence-electron chi connectivity index (χ4n) is 2.74. The zero-order valence-corrected chi connectivity index (χ0v) is 11.8. The summed E-state index contributed by atoms with van der Waals surface area (Å²) in [6, 6.07) is 9.75. The van der Waals surface area contributed by atoms with Crippen molar-refractivity contribution in [3.8, 4) is 0 Å². The van der Waals surface area contributed by atoms with Crippen LogP contribution in [0.25, 0.3) is 0 Å². The first-order valence-electron chi connectivity index (χ1n) is 7.32. The molecule has 1 atom stereocenters. The van der Waals surface area contributed by atoms with Gasteiger partial charge < -0.3 is 5.32 Å². The Labute approximate surface area is 111 Å². The highest BCUT2D eigenvalue weighted by molar-refractivity contribution is 5.24. The standard InChI is InChI=1S/C16H26N2/c1-3-4-5-16(18-12-10-17-11-13-18)15-8-6-14(2)7-9-15/h6-9,16-17H,3-5,10-13H2,1-2H3. The Morgan fingerprint density at radius 3 is 2.44 bits per heavy atom. The molecule has 0 saturated carbocycles. The van der Waals surface area contributed by atoms with Gasteiger partial charge in [-0.1, -0.05) is 49.6 Å². The third-order valence-electron chi connectivity index (χ3n) is 3.89. The molecule has 18 heavy (non-hydrogen) atoms. The highest BCUT2D eigenvalue weighted by Crippen LogP contribution is 2.26. The minimum atomic E-state index is 0.618. The first kappa shape index (κ1) is 13.6. The van der Waals surface area contributed by atoms with Crippen molar-refractivity contribution in [2.45, 2.75) is 39.2 Å². The van der Waals surface area contributed by atoms with Crippen LogP contribution in [0.5, 0.6) is 0 Å². The molecule has 1 aliphatic rings. The van der Waals surface area contributed by atoms with E-state index in [4.69, 9.17) is 0 Å². The van der Waals surface area contributed by atoms with Gasteiger partial charge >= 0.3 is 0 Å². The van der Waals surface area contributed by atoms with Gasteiger partial charge in [-0.15, -0.1) is 0 Å². The maximum atomic E-state index is 3.44. The Hall–Kier alpha value is -0.860. The summed E-state index contributed by atoms with van der Waals surface area (Å²) in [6.45, 7) is 9.08. The molecule has 2 nitrogen and oxygen atoms in total. The quantitative estimate of drug-likeness (QED) is 0.858. The van der Waals surface area contributed by atoms with Crippen LogP contribution in [0.2, 0.25) is 0 Å². The lowest BCUT2D eigenvalue weighted by Crippen LogP contribution is -2.45. The Kier molecular flexibility index (Phi) is 5.21. The highest BCUT2D eigenvalue weighted by atomic mass is 15.2. The van der Waals surface area contributed by atoms with E-state index in [1.54, 1.807) is 0 Å². The van der Waals surface area contributed by atoms with Crippen LogP contribution in [0.4, 0.5) is 0 Å². The SMILES string of the molecule is CCCCC(c1ccc(C)cc1)N1CCNCC1. The zero-order chi connectivity index (χ0) is 12.8. The number of rotatable bonds is 5. The molecule has 100 valence electrons. The monoisotopic (exact) mass is 246 g/mol. The summed E-state index contributed by atoms with van der Waals surface area (Å²) in [4.78, 5) is 2.65. The second-order valence-corrected chi connectivity index (χ2v) is 5.35. The van der Waals surface area contributed by atoms with Crippen molar-refractivity contribution < 1.29 is 0 Å². The lowest BCUT2D eigenvalue weighted by Gasteiger charge is -2.35. The second kappa shape index (κ2) is 6.91. The smallest absolute Gasteiger partial charge is 0.0349 e. The van der Waals surface area contributed by atoms with Gasteiger partial charge in [-0.05, 0) is 18.9 Å². The van der Waals surface area contributed by atoms with Crippen molar-refractivity contribution in [2.24, 2.45) is 0 Å². The van der Waals surface area contributed by atoms with Crippen LogP contribution in [-0.2, 0) is 0 Å². The molecular weight excluding hydrogens is 220 g/mol. The lowest BCUT2D eigenvalue weighted by atomic mass is 9.98. The summed E-state index contributed by atoms with van der Waals surface area (Å²) >= 11 is 0. The summed E-state index contributed by atoms with van der Waals surface area (Å²) < 4.78 is 0. The van der Waals surface area contributed by atoms with Crippen LogP contribution in [-0.4, -0.2) is 31.1 Å². The van der Waals surface area contributed by atoms with Crippen LogP contribution < -0.4 is 5.32 Å². The molecule has 0 spiro atoms. The molecule has 2 heteroatoms. The number of nitrogens with one attached hydrogen (secondary N) is 1. The van der Waals surface area contributed by atoms with E-state index in [1.165, 1.54) is 43.5 Å². The molecule has 0 radical (unpaired) electrons. The highest BCUT2D eigenvalue weighted by Gasteiger charge is 2.21. The number of benzene rings is 1. The van der Waals surface area contributed by atoms with Crippen LogP contribution in [0, 0.1) is 6.92 Å². The molecule has 0 amide bonds. The minimum Gasteiger partial charge on any atom is -0.314 e. The number of piperazine rings is 1. The number of nitrogens with zero attached hydrogens (tertiary/aromatic N) is 1. The lowest BCUT2D eigenvalue weighted by molar-refractivity contribution is 0.163. The fourth-order valence-corrected chi connectivity index (χ4v) is 2.74. The fraction of sp³-hybridized carbons (Fsp3) is 0.625. The molecule has 1 aliphatic heterocycles. The second-order valence-electron chi connectivity index (χ2n) is 5.35. The molecule has 1 aromatic rings. The van der Waals surface area contributed by atoms with E-state index in [-0.39, 0.29) is 0 Å². The van der Waals surface area contributed by atoms with Crippen molar-refractivity contribution in [3.63, 3.8) is 0 Å². The van der Waals surface area contributed by atoms with Gasteiger partial charge in [-0.2, -0.15) is 0 Å². The van der Waals surface area contributed by atoms with Crippen LogP contribution >= 0.6 is 0 Å². The Morgan fingerprint density at radius 1 is 1.17 bits per heavy atom. The third-order valence-corrected chi connectivity index (χ3v) is 3.89. The molecule has 1 N–H and O–H groups in total. The minimum absolute atomic E-state index is 0.618. The largest absolute Gasteiger partial charge is 0.314 e. The summed E-state index contributed by atoms with van der Waals surface area (Å²) in [7, 11) is 0. The topological polar surface area (TPSA) is 15.3 Å². The van der Waals surface area contributed by atoms with Crippen molar-refractivity contribution in [1.29, 1.82) is 0 Å². The first-order chi connectivity index (χ1) is 8.81. The molecule has 1 saturated heterocycles. The molecule has 0 aliphatic carbocycles. The van der Waals surface area contributed by atoms with E-state index >= 15 is 0 Å². The maximum absolute atomic E-state index is 3.44. The number of hydrogen-bond acceptors (Lipinski definition) is 2. The summed E-state index contributed by atoms with van der Waals surface area (Å²) in [6.07, 6.45) is 3.90. The molecule has 0 bridgehead atoms. The van der Waals surface area contributed by atoms with Gasteiger partial charge in [0.15, 0.2) is 0 Å². The van der Waals surface area contributed by atoms with Gasteiger partial charge in [0, 0.05) is 32.2 Å². The van der Waals surface area contributed by atoms with Crippen molar-refractivity contribution in [3.05, 3.63) is 35.4 Å². The van der Waals surface area contributed by atoms with Gasteiger partial charge in [-0.3, -0.25) is 4.90 Å². The Morgan fingerprint density at radius 2 is 1.83 bits per heavy atom. The molecule has 1 fully saturated rings. The average molecular weight is 246 g/mol. The van der Waals surface area contributed by atoms with E-state index in [1.807, 2.05) is 0 Å². The Balaban J connectivity index is 2.10. The van der Waals surface area contributed by atoms with Gasteiger partial charge in [0.2, 0.25) is 0 Å². The van der Waals surface area contributed by atoms with Crippen molar-refractivity contribution in [2.75, 3.05) is 26.2 Å². The van der Waals surface area contributed by atoms with E-state index in [0.29, 0.717) is 6.04 Å². The predicted octanol–water partition coefficient (Wildman–Crippen LogP) is 3.13. The molecule has 0 aromatic heterocycles. The summed E-state index contributed by atoms with van der Waals surface area (Å²) in [5.74, 6) is 0. The van der Waals surface area contributed by atoms with E-state index in [2.05, 4.69) is 48.3 Å². The van der Waals surface area contributed by atoms with Crippen LogP contribution in [0.15, 0.2) is 24.3 Å². The maximum Gasteiger partial charge on any atom is 0.0349 e. The van der Waals surface area contributed by atoms with E-state index in [9.17, 15) is 0 Å². The molecular formula is C16H26N2. The Bertz CT molecular complexity index is 339. The average Bonchev–Trinajstić information content (AvgIpc) is 2.42. The van der Waals surface area contributed by atoms with Gasteiger partial charge in [0.25, 0.3) is 0 Å². The zero-order valence-electron chi connectivity index (χ0n) is 11.8. The molecule has 1 unspecified atom stereocenters. The number of aryl methyl sites for hydroxylation is 1. The van der Waals surface area contributed by atoms with Crippen molar-refractivity contribution >= 4 is 0 Å². The van der Waals surface area contributed by atoms with Gasteiger partial charge in [0.05, 0.1) is 0 Å². The van der Waals surface area contributed by atoms with Crippen LogP contribution in [0.3, 0.4) is 0 Å².